The molecule has 10 aromatic carbocycles. The molecule has 0 saturated carbocycles. The highest BCUT2D eigenvalue weighted by atomic mass is 15.1. The Balaban J connectivity index is 1.08. The van der Waals surface area contributed by atoms with E-state index < -0.39 is 0 Å². The largest absolute Gasteiger partial charge is 0.310 e. The Hall–Kier alpha value is -7.48. The molecule has 10 rings (SSSR count). The molecule has 0 aromatic heterocycles. The van der Waals surface area contributed by atoms with Crippen LogP contribution >= 0.6 is 0 Å². The zero-order valence-electron chi connectivity index (χ0n) is 31.5. The number of hydrogen-bond acceptors (Lipinski definition) is 1. The Labute approximate surface area is 334 Å². The summed E-state index contributed by atoms with van der Waals surface area (Å²) in [5.41, 5.74) is 15.4. The van der Waals surface area contributed by atoms with Crippen molar-refractivity contribution in [3.63, 3.8) is 0 Å². The molecule has 0 aliphatic heterocycles. The first-order valence-corrected chi connectivity index (χ1v) is 19.6. The summed E-state index contributed by atoms with van der Waals surface area (Å²) in [6, 6.07) is 85.6. The quantitative estimate of drug-likeness (QED) is 0.141. The molecule has 0 amide bonds. The summed E-state index contributed by atoms with van der Waals surface area (Å²) in [7, 11) is 0. The summed E-state index contributed by atoms with van der Waals surface area (Å²) < 4.78 is 0. The third kappa shape index (κ3) is 6.77. The van der Waals surface area contributed by atoms with Crippen LogP contribution in [0.1, 0.15) is 0 Å². The molecule has 0 aliphatic rings. The highest BCUT2D eigenvalue weighted by Gasteiger charge is 2.18. The van der Waals surface area contributed by atoms with E-state index in [0.717, 1.165) is 17.1 Å². The molecule has 0 fully saturated rings. The van der Waals surface area contributed by atoms with E-state index in [-0.39, 0.29) is 0 Å². The third-order valence-electron chi connectivity index (χ3n) is 11.0. The number of fused-ring (bicyclic) bond motifs is 3. The zero-order valence-corrected chi connectivity index (χ0v) is 31.5. The summed E-state index contributed by atoms with van der Waals surface area (Å²) in [5, 5.41) is 4.93. The molecule has 1 nitrogen and oxygen atoms in total. The summed E-state index contributed by atoms with van der Waals surface area (Å²) in [5.74, 6) is 0. The highest BCUT2D eigenvalue weighted by Crippen LogP contribution is 2.43. The normalized spacial score (nSPS) is 11.2. The SMILES string of the molecule is c1ccc(-c2ccc(-c3ccc(N(c4ccc(-c5cc(-c6ccccc6)cc(-c6ccccc6)c5)cc4)c4cccc5ccc6ccccc6c45)cc3)cc2)cc1. The van der Waals surface area contributed by atoms with Gasteiger partial charge in [0, 0.05) is 16.8 Å². The first-order valence-electron chi connectivity index (χ1n) is 19.6. The smallest absolute Gasteiger partial charge is 0.0546 e. The Morgan fingerprint density at radius 1 is 0.228 bits per heavy atom. The topological polar surface area (TPSA) is 3.24 Å². The number of nitrogens with zero attached hydrogens (tertiary/aromatic N) is 1. The number of hydrogen-bond donors (Lipinski definition) is 0. The van der Waals surface area contributed by atoms with Gasteiger partial charge in [0.15, 0.2) is 0 Å². The van der Waals surface area contributed by atoms with E-state index in [9.17, 15) is 0 Å². The predicted molar refractivity (Wildman–Crippen MR) is 243 cm³/mol. The maximum atomic E-state index is 2.41. The van der Waals surface area contributed by atoms with Crippen LogP contribution in [0.25, 0.3) is 77.2 Å². The summed E-state index contributed by atoms with van der Waals surface area (Å²) in [6.45, 7) is 0. The monoisotopic (exact) mass is 725 g/mol. The van der Waals surface area contributed by atoms with Crippen molar-refractivity contribution in [2.45, 2.75) is 0 Å². The molecule has 1 heteroatoms. The fraction of sp³-hybridized carbons (Fsp3) is 0. The van der Waals surface area contributed by atoms with Gasteiger partial charge in [0.1, 0.15) is 0 Å². The maximum absolute atomic E-state index is 2.41. The second-order valence-corrected chi connectivity index (χ2v) is 14.6. The van der Waals surface area contributed by atoms with Crippen molar-refractivity contribution >= 4 is 38.6 Å². The van der Waals surface area contributed by atoms with E-state index in [1.54, 1.807) is 0 Å². The molecular weight excluding hydrogens is 687 g/mol. The third-order valence-corrected chi connectivity index (χ3v) is 11.0. The van der Waals surface area contributed by atoms with Gasteiger partial charge in [-0.05, 0) is 120 Å². The van der Waals surface area contributed by atoms with E-state index >= 15 is 0 Å². The van der Waals surface area contributed by atoms with Gasteiger partial charge in [0.2, 0.25) is 0 Å². The molecule has 0 saturated heterocycles. The minimum Gasteiger partial charge on any atom is -0.310 e. The molecule has 10 aromatic rings. The maximum Gasteiger partial charge on any atom is 0.0546 e. The Morgan fingerprint density at radius 2 is 0.579 bits per heavy atom. The lowest BCUT2D eigenvalue weighted by molar-refractivity contribution is 1.30. The highest BCUT2D eigenvalue weighted by molar-refractivity contribution is 6.15. The first-order chi connectivity index (χ1) is 28.2. The summed E-state index contributed by atoms with van der Waals surface area (Å²) in [6.07, 6.45) is 0. The van der Waals surface area contributed by atoms with Crippen molar-refractivity contribution in [3.8, 4) is 55.6 Å². The van der Waals surface area contributed by atoms with E-state index in [0.29, 0.717) is 0 Å². The first kappa shape index (κ1) is 34.0. The molecule has 57 heavy (non-hydrogen) atoms. The van der Waals surface area contributed by atoms with Crippen LogP contribution < -0.4 is 4.90 Å². The van der Waals surface area contributed by atoms with Gasteiger partial charge in [-0.25, -0.2) is 0 Å². The van der Waals surface area contributed by atoms with Gasteiger partial charge >= 0.3 is 0 Å². The van der Waals surface area contributed by atoms with Crippen LogP contribution in [0.5, 0.6) is 0 Å². The summed E-state index contributed by atoms with van der Waals surface area (Å²) >= 11 is 0. The van der Waals surface area contributed by atoms with Crippen LogP contribution in [0.2, 0.25) is 0 Å². The molecule has 0 atom stereocenters. The van der Waals surface area contributed by atoms with E-state index in [2.05, 4.69) is 241 Å². The molecular formula is C56H39N. The minimum atomic E-state index is 1.10. The fourth-order valence-electron chi connectivity index (χ4n) is 8.13. The van der Waals surface area contributed by atoms with Crippen molar-refractivity contribution in [2.75, 3.05) is 4.90 Å². The number of anilines is 3. The van der Waals surface area contributed by atoms with Gasteiger partial charge in [-0.2, -0.15) is 0 Å². The minimum absolute atomic E-state index is 1.10. The van der Waals surface area contributed by atoms with Crippen LogP contribution in [0.3, 0.4) is 0 Å². The van der Waals surface area contributed by atoms with Gasteiger partial charge in [-0.15, -0.1) is 0 Å². The Morgan fingerprint density at radius 3 is 1.07 bits per heavy atom. The van der Waals surface area contributed by atoms with Gasteiger partial charge in [-0.3, -0.25) is 0 Å². The van der Waals surface area contributed by atoms with E-state index in [1.165, 1.54) is 77.2 Å². The molecule has 0 aliphatic carbocycles. The Kier molecular flexibility index (Phi) is 8.95. The zero-order chi connectivity index (χ0) is 38.0. The lowest BCUT2D eigenvalue weighted by atomic mass is 9.93. The summed E-state index contributed by atoms with van der Waals surface area (Å²) in [4.78, 5) is 2.41. The second-order valence-electron chi connectivity index (χ2n) is 14.6. The molecule has 0 N–H and O–H groups in total. The standard InChI is InChI=1S/C56H39N/c1-4-13-40(14-5-1)43-23-25-44(26-24-43)45-29-33-52(34-30-45)57(55-22-12-20-48-28-27-47-19-10-11-21-54(47)56(48)55)53-35-31-46(32-36-53)51-38-49(41-15-6-2-7-16-41)37-50(39-51)42-17-8-3-9-18-42/h1-39H. The van der Waals surface area contributed by atoms with Crippen molar-refractivity contribution in [2.24, 2.45) is 0 Å². The van der Waals surface area contributed by atoms with Gasteiger partial charge in [0.05, 0.1) is 5.69 Å². The van der Waals surface area contributed by atoms with E-state index in [1.807, 2.05) is 0 Å². The predicted octanol–water partition coefficient (Wildman–Crippen LogP) is 15.8. The van der Waals surface area contributed by atoms with Gasteiger partial charge in [-0.1, -0.05) is 188 Å². The molecule has 0 spiro atoms. The van der Waals surface area contributed by atoms with Crippen LogP contribution in [0.4, 0.5) is 17.1 Å². The van der Waals surface area contributed by atoms with Crippen molar-refractivity contribution in [1.82, 2.24) is 0 Å². The molecule has 0 bridgehead atoms. The number of rotatable bonds is 8. The fourth-order valence-corrected chi connectivity index (χ4v) is 8.13. The van der Waals surface area contributed by atoms with Crippen molar-refractivity contribution in [3.05, 3.63) is 237 Å². The lowest BCUT2D eigenvalue weighted by Crippen LogP contribution is -2.10. The van der Waals surface area contributed by atoms with Gasteiger partial charge in [0.25, 0.3) is 0 Å². The Bertz CT molecular complexity index is 2890. The molecule has 0 heterocycles. The molecule has 0 unspecified atom stereocenters. The average Bonchev–Trinajstić information content (AvgIpc) is 3.30. The van der Waals surface area contributed by atoms with Crippen LogP contribution in [0, 0.1) is 0 Å². The van der Waals surface area contributed by atoms with Crippen LogP contribution in [-0.2, 0) is 0 Å². The van der Waals surface area contributed by atoms with Crippen molar-refractivity contribution in [1.29, 1.82) is 0 Å². The van der Waals surface area contributed by atoms with Crippen LogP contribution in [-0.4, -0.2) is 0 Å². The van der Waals surface area contributed by atoms with Gasteiger partial charge < -0.3 is 4.90 Å². The van der Waals surface area contributed by atoms with E-state index in [4.69, 9.17) is 0 Å². The van der Waals surface area contributed by atoms with Crippen LogP contribution in [0.15, 0.2) is 237 Å². The van der Waals surface area contributed by atoms with Crippen molar-refractivity contribution < 1.29 is 0 Å². The lowest BCUT2D eigenvalue weighted by Gasteiger charge is -2.28. The molecule has 268 valence electrons. The molecule has 0 radical (unpaired) electrons. The second kappa shape index (κ2) is 15.0. The average molecular weight is 726 g/mol. The number of benzene rings is 10.